The van der Waals surface area contributed by atoms with Crippen molar-refractivity contribution >= 4 is 6.03 Å². The number of piperidine rings is 1. The van der Waals surface area contributed by atoms with Crippen molar-refractivity contribution in [2.75, 3.05) is 6.54 Å². The molecule has 1 aromatic rings. The molecule has 2 amide bonds. The quantitative estimate of drug-likeness (QED) is 0.831. The normalized spacial score (nSPS) is 19.9. The van der Waals surface area contributed by atoms with Gasteiger partial charge in [-0.1, -0.05) is 0 Å². The standard InChI is InChI=1S/C14H19FN4O/c15-11-3-4-12(16-9-11)10-17-18-13(20)19-8-2-1-5-14(19)6-7-14/h3-4,9,17H,1-2,5-8,10H2,(H,18,20). The maximum absolute atomic E-state index is 12.7. The van der Waals surface area contributed by atoms with Gasteiger partial charge in [-0.05, 0) is 44.2 Å². The first kappa shape index (κ1) is 13.3. The number of rotatable bonds is 3. The SMILES string of the molecule is O=C(NNCc1ccc(F)cn1)N1CCCCC12CC2. The van der Waals surface area contributed by atoms with Gasteiger partial charge in [-0.3, -0.25) is 10.4 Å². The lowest BCUT2D eigenvalue weighted by Gasteiger charge is -2.36. The number of amides is 2. The van der Waals surface area contributed by atoms with E-state index in [0.717, 1.165) is 32.2 Å². The molecule has 1 saturated carbocycles. The Morgan fingerprint density at radius 1 is 1.35 bits per heavy atom. The predicted octanol–water partition coefficient (Wildman–Crippen LogP) is 1.95. The number of carbonyl (C=O) groups is 1. The Bertz CT molecular complexity index is 486. The molecule has 0 aromatic carbocycles. The second-order valence-electron chi connectivity index (χ2n) is 5.58. The number of urea groups is 1. The number of hydrazine groups is 1. The van der Waals surface area contributed by atoms with E-state index in [1.807, 2.05) is 4.90 Å². The average molecular weight is 278 g/mol. The Labute approximate surface area is 117 Å². The molecule has 0 unspecified atom stereocenters. The molecular weight excluding hydrogens is 259 g/mol. The minimum absolute atomic E-state index is 0.0655. The van der Waals surface area contributed by atoms with Crippen LogP contribution < -0.4 is 10.9 Å². The molecule has 0 radical (unpaired) electrons. The van der Waals surface area contributed by atoms with Crippen molar-refractivity contribution in [1.82, 2.24) is 20.7 Å². The van der Waals surface area contributed by atoms with Crippen LogP contribution in [0.15, 0.2) is 18.3 Å². The smallest absolute Gasteiger partial charge is 0.318 e. The Morgan fingerprint density at radius 2 is 2.20 bits per heavy atom. The van der Waals surface area contributed by atoms with Crippen LogP contribution >= 0.6 is 0 Å². The second-order valence-corrected chi connectivity index (χ2v) is 5.58. The Morgan fingerprint density at radius 3 is 2.90 bits per heavy atom. The summed E-state index contributed by atoms with van der Waals surface area (Å²) < 4.78 is 12.7. The highest BCUT2D eigenvalue weighted by molar-refractivity contribution is 5.75. The van der Waals surface area contributed by atoms with Gasteiger partial charge >= 0.3 is 6.03 Å². The lowest BCUT2D eigenvalue weighted by Crippen LogP contribution is -2.53. The summed E-state index contributed by atoms with van der Waals surface area (Å²) >= 11 is 0. The average Bonchev–Trinajstić information content (AvgIpc) is 3.21. The van der Waals surface area contributed by atoms with E-state index in [4.69, 9.17) is 0 Å². The highest BCUT2D eigenvalue weighted by Gasteiger charge is 2.50. The van der Waals surface area contributed by atoms with E-state index in [1.165, 1.54) is 18.7 Å². The van der Waals surface area contributed by atoms with E-state index >= 15 is 0 Å². The molecular formula is C14H19FN4O. The summed E-state index contributed by atoms with van der Waals surface area (Å²) in [6.07, 6.45) is 6.84. The topological polar surface area (TPSA) is 57.3 Å². The minimum Gasteiger partial charge on any atom is -0.318 e. The van der Waals surface area contributed by atoms with Crippen molar-refractivity contribution in [2.24, 2.45) is 0 Å². The number of nitrogens with one attached hydrogen (secondary N) is 2. The Hall–Kier alpha value is -1.69. The third-order valence-electron chi connectivity index (χ3n) is 4.17. The van der Waals surface area contributed by atoms with Crippen LogP contribution in [0.4, 0.5) is 9.18 Å². The Balaban J connectivity index is 1.48. The first-order chi connectivity index (χ1) is 9.70. The van der Waals surface area contributed by atoms with Gasteiger partial charge in [0.15, 0.2) is 0 Å². The van der Waals surface area contributed by atoms with Gasteiger partial charge in [0.2, 0.25) is 0 Å². The lowest BCUT2D eigenvalue weighted by atomic mass is 10.0. The van der Waals surface area contributed by atoms with Crippen LogP contribution in [0.1, 0.15) is 37.8 Å². The largest absolute Gasteiger partial charge is 0.332 e. The summed E-state index contributed by atoms with van der Waals surface area (Å²) in [4.78, 5) is 18.1. The summed E-state index contributed by atoms with van der Waals surface area (Å²) in [5.41, 5.74) is 6.40. The van der Waals surface area contributed by atoms with E-state index in [-0.39, 0.29) is 17.4 Å². The molecule has 1 aliphatic carbocycles. The minimum atomic E-state index is -0.359. The third-order valence-corrected chi connectivity index (χ3v) is 4.17. The molecule has 2 aliphatic rings. The Kier molecular flexibility index (Phi) is 3.56. The van der Waals surface area contributed by atoms with Crippen LogP contribution in [0.3, 0.4) is 0 Å². The van der Waals surface area contributed by atoms with Crippen molar-refractivity contribution in [1.29, 1.82) is 0 Å². The molecule has 2 N–H and O–H groups in total. The molecule has 1 spiro atoms. The summed E-state index contributed by atoms with van der Waals surface area (Å²) in [5, 5.41) is 0. The van der Waals surface area contributed by atoms with E-state index in [1.54, 1.807) is 6.07 Å². The fraction of sp³-hybridized carbons (Fsp3) is 0.571. The zero-order valence-electron chi connectivity index (χ0n) is 11.4. The fourth-order valence-corrected chi connectivity index (χ4v) is 2.87. The molecule has 2 fully saturated rings. The van der Waals surface area contributed by atoms with Crippen molar-refractivity contribution in [3.8, 4) is 0 Å². The molecule has 20 heavy (non-hydrogen) atoms. The maximum atomic E-state index is 12.7. The van der Waals surface area contributed by atoms with Crippen molar-refractivity contribution in [3.63, 3.8) is 0 Å². The molecule has 1 aromatic heterocycles. The number of halogens is 1. The molecule has 5 nitrogen and oxygen atoms in total. The van der Waals surface area contributed by atoms with Gasteiger partial charge in [0.25, 0.3) is 0 Å². The van der Waals surface area contributed by atoms with Gasteiger partial charge in [-0.25, -0.2) is 14.6 Å². The number of nitrogens with zero attached hydrogens (tertiary/aromatic N) is 2. The van der Waals surface area contributed by atoms with Gasteiger partial charge in [0, 0.05) is 12.1 Å². The summed E-state index contributed by atoms with van der Waals surface area (Å²) in [7, 11) is 0. The number of hydrogen-bond acceptors (Lipinski definition) is 3. The lowest BCUT2D eigenvalue weighted by molar-refractivity contribution is 0.136. The molecule has 0 bridgehead atoms. The first-order valence-electron chi connectivity index (χ1n) is 7.11. The van der Waals surface area contributed by atoms with Crippen molar-refractivity contribution in [3.05, 3.63) is 29.8 Å². The van der Waals surface area contributed by atoms with Crippen LogP contribution in [0.25, 0.3) is 0 Å². The zero-order chi connectivity index (χ0) is 14.0. The fourth-order valence-electron chi connectivity index (χ4n) is 2.87. The summed E-state index contributed by atoms with van der Waals surface area (Å²) in [6, 6.07) is 2.89. The molecule has 0 atom stereocenters. The van der Waals surface area contributed by atoms with Gasteiger partial charge in [-0.2, -0.15) is 0 Å². The van der Waals surface area contributed by atoms with E-state index in [9.17, 15) is 9.18 Å². The molecule has 3 rings (SSSR count). The van der Waals surface area contributed by atoms with E-state index in [2.05, 4.69) is 15.8 Å². The molecule has 108 valence electrons. The highest BCUT2D eigenvalue weighted by atomic mass is 19.1. The van der Waals surface area contributed by atoms with Gasteiger partial charge in [0.05, 0.1) is 18.4 Å². The maximum Gasteiger partial charge on any atom is 0.332 e. The number of aromatic nitrogens is 1. The molecule has 6 heteroatoms. The number of pyridine rings is 1. The highest BCUT2D eigenvalue weighted by Crippen LogP contribution is 2.48. The monoisotopic (exact) mass is 278 g/mol. The number of carbonyl (C=O) groups excluding carboxylic acids is 1. The van der Waals surface area contributed by atoms with Crippen LogP contribution in [0.5, 0.6) is 0 Å². The van der Waals surface area contributed by atoms with Gasteiger partial charge < -0.3 is 4.90 Å². The number of hydrogen-bond donors (Lipinski definition) is 2. The zero-order valence-corrected chi connectivity index (χ0v) is 11.4. The van der Waals surface area contributed by atoms with Crippen LogP contribution in [0, 0.1) is 5.82 Å². The van der Waals surface area contributed by atoms with Crippen LogP contribution in [-0.2, 0) is 6.54 Å². The first-order valence-corrected chi connectivity index (χ1v) is 7.11. The van der Waals surface area contributed by atoms with Crippen molar-refractivity contribution < 1.29 is 9.18 Å². The van der Waals surface area contributed by atoms with E-state index in [0.29, 0.717) is 12.2 Å². The molecule has 1 aliphatic heterocycles. The molecule has 1 saturated heterocycles. The molecule has 2 heterocycles. The third kappa shape index (κ3) is 2.75. The second kappa shape index (κ2) is 5.36. The number of likely N-dealkylation sites (tertiary alicyclic amines) is 1. The van der Waals surface area contributed by atoms with Crippen molar-refractivity contribution in [2.45, 2.75) is 44.2 Å². The van der Waals surface area contributed by atoms with Crippen LogP contribution in [-0.4, -0.2) is 28.0 Å². The van der Waals surface area contributed by atoms with Crippen LogP contribution in [0.2, 0.25) is 0 Å². The van der Waals surface area contributed by atoms with E-state index < -0.39 is 0 Å². The predicted molar refractivity (Wildman–Crippen MR) is 72.1 cm³/mol. The van der Waals surface area contributed by atoms with Gasteiger partial charge in [-0.15, -0.1) is 0 Å². The summed E-state index contributed by atoms with van der Waals surface area (Å²) in [6.45, 7) is 1.22. The van der Waals surface area contributed by atoms with Gasteiger partial charge in [0.1, 0.15) is 5.82 Å². The summed E-state index contributed by atoms with van der Waals surface area (Å²) in [5.74, 6) is -0.359.